The maximum Gasteiger partial charge on any atom is 0.254 e. The number of aryl methyl sites for hydroxylation is 1. The van der Waals surface area contributed by atoms with Crippen LogP contribution in [-0.2, 0) is 0 Å². The van der Waals surface area contributed by atoms with Gasteiger partial charge < -0.3 is 9.80 Å². The molecule has 1 aliphatic heterocycles. The number of hydrogen-bond acceptors (Lipinski definition) is 3. The first-order valence-electron chi connectivity index (χ1n) is 7.89. The predicted molar refractivity (Wildman–Crippen MR) is 95.5 cm³/mol. The second-order valence-corrected chi connectivity index (χ2v) is 6.34. The third-order valence-corrected chi connectivity index (χ3v) is 4.54. The largest absolute Gasteiger partial charge is 0.368 e. The first-order valence-corrected chi connectivity index (χ1v) is 8.27. The van der Waals surface area contributed by atoms with E-state index in [9.17, 15) is 4.79 Å². The van der Waals surface area contributed by atoms with Crippen molar-refractivity contribution < 1.29 is 4.79 Å². The summed E-state index contributed by atoms with van der Waals surface area (Å²) in [7, 11) is 0. The van der Waals surface area contributed by atoms with Crippen LogP contribution in [0.15, 0.2) is 42.5 Å². The summed E-state index contributed by atoms with van der Waals surface area (Å²) in [6.45, 7) is 4.94. The summed E-state index contributed by atoms with van der Waals surface area (Å²) in [5.74, 6) is -0.0143. The number of benzene rings is 2. The summed E-state index contributed by atoms with van der Waals surface area (Å²) in [6.07, 6.45) is 0. The Bertz CT molecular complexity index is 804. The summed E-state index contributed by atoms with van der Waals surface area (Å²) in [6, 6.07) is 14.8. The maximum atomic E-state index is 12.6. The molecule has 122 valence electrons. The molecular formula is C19H18ClN3O. The molecule has 24 heavy (non-hydrogen) atoms. The maximum absolute atomic E-state index is 12.6. The molecule has 0 spiro atoms. The summed E-state index contributed by atoms with van der Waals surface area (Å²) in [4.78, 5) is 16.7. The monoisotopic (exact) mass is 339 g/mol. The van der Waals surface area contributed by atoms with E-state index >= 15 is 0 Å². The lowest BCUT2D eigenvalue weighted by atomic mass is 10.1. The zero-order valence-electron chi connectivity index (χ0n) is 13.5. The van der Waals surface area contributed by atoms with Gasteiger partial charge in [0.05, 0.1) is 11.6 Å². The molecule has 0 unspecified atom stereocenters. The standard InChI is InChI=1S/C19H18ClN3O/c1-14-11-17(20)5-6-18(14)22-7-9-23(10-8-22)19(24)16-4-2-3-15(12-16)13-21/h2-6,11-12H,7-10H2,1H3. The SMILES string of the molecule is Cc1cc(Cl)ccc1N1CCN(C(=O)c2cccc(C#N)c2)CC1. The van der Waals surface area contributed by atoms with Crippen LogP contribution >= 0.6 is 11.6 Å². The van der Waals surface area contributed by atoms with E-state index in [-0.39, 0.29) is 5.91 Å². The minimum atomic E-state index is -0.0143. The van der Waals surface area contributed by atoms with E-state index in [1.54, 1.807) is 24.3 Å². The molecule has 0 bridgehead atoms. The summed E-state index contributed by atoms with van der Waals surface area (Å²) in [5.41, 5.74) is 3.39. The summed E-state index contributed by atoms with van der Waals surface area (Å²) in [5, 5.41) is 9.71. The van der Waals surface area contributed by atoms with Crippen molar-refractivity contribution in [3.63, 3.8) is 0 Å². The number of nitriles is 1. The molecule has 3 rings (SSSR count). The Morgan fingerprint density at radius 2 is 1.88 bits per heavy atom. The normalized spacial score (nSPS) is 14.4. The molecule has 5 heteroatoms. The van der Waals surface area contributed by atoms with Gasteiger partial charge in [0, 0.05) is 42.5 Å². The average molecular weight is 340 g/mol. The highest BCUT2D eigenvalue weighted by Crippen LogP contribution is 2.25. The van der Waals surface area contributed by atoms with E-state index in [4.69, 9.17) is 16.9 Å². The van der Waals surface area contributed by atoms with E-state index in [2.05, 4.69) is 11.0 Å². The molecule has 1 amide bonds. The number of hydrogen-bond donors (Lipinski definition) is 0. The molecule has 4 nitrogen and oxygen atoms in total. The summed E-state index contributed by atoms with van der Waals surface area (Å²) >= 11 is 6.02. The third kappa shape index (κ3) is 3.37. The van der Waals surface area contributed by atoms with Gasteiger partial charge >= 0.3 is 0 Å². The molecule has 1 aliphatic rings. The number of nitrogens with zero attached hydrogens (tertiary/aromatic N) is 3. The van der Waals surface area contributed by atoms with Gasteiger partial charge in [-0.1, -0.05) is 17.7 Å². The number of piperazine rings is 1. The van der Waals surface area contributed by atoms with Gasteiger partial charge in [-0.05, 0) is 48.9 Å². The number of amides is 1. The van der Waals surface area contributed by atoms with Gasteiger partial charge in [-0.2, -0.15) is 5.26 Å². The van der Waals surface area contributed by atoms with E-state index < -0.39 is 0 Å². The van der Waals surface area contributed by atoms with Crippen LogP contribution in [0.4, 0.5) is 5.69 Å². The van der Waals surface area contributed by atoms with Crippen molar-refractivity contribution in [3.05, 3.63) is 64.2 Å². The van der Waals surface area contributed by atoms with Crippen molar-refractivity contribution in [2.45, 2.75) is 6.92 Å². The fourth-order valence-corrected chi connectivity index (χ4v) is 3.26. The number of anilines is 1. The molecule has 2 aromatic carbocycles. The van der Waals surface area contributed by atoms with Crippen LogP contribution in [0.25, 0.3) is 0 Å². The number of carbonyl (C=O) groups is 1. The van der Waals surface area contributed by atoms with Gasteiger partial charge in [0.1, 0.15) is 0 Å². The fraction of sp³-hybridized carbons (Fsp3) is 0.263. The minimum Gasteiger partial charge on any atom is -0.368 e. The molecule has 0 N–H and O–H groups in total. The van der Waals surface area contributed by atoms with Crippen molar-refractivity contribution >= 4 is 23.2 Å². The Kier molecular flexibility index (Phi) is 4.73. The quantitative estimate of drug-likeness (QED) is 0.841. The molecule has 0 radical (unpaired) electrons. The van der Waals surface area contributed by atoms with Crippen LogP contribution < -0.4 is 4.90 Å². The van der Waals surface area contributed by atoms with Crippen LogP contribution in [0.3, 0.4) is 0 Å². The van der Waals surface area contributed by atoms with E-state index in [1.807, 2.05) is 30.0 Å². The van der Waals surface area contributed by atoms with Crippen LogP contribution in [0.2, 0.25) is 5.02 Å². The highest BCUT2D eigenvalue weighted by atomic mass is 35.5. The molecule has 1 fully saturated rings. The van der Waals surface area contributed by atoms with Gasteiger partial charge in [0.2, 0.25) is 0 Å². The lowest BCUT2D eigenvalue weighted by Gasteiger charge is -2.37. The van der Waals surface area contributed by atoms with Crippen molar-refractivity contribution in [3.8, 4) is 6.07 Å². The highest BCUT2D eigenvalue weighted by molar-refractivity contribution is 6.30. The van der Waals surface area contributed by atoms with E-state index in [0.29, 0.717) is 24.2 Å². The van der Waals surface area contributed by atoms with Crippen LogP contribution in [0, 0.1) is 18.3 Å². The Balaban J connectivity index is 1.68. The second-order valence-electron chi connectivity index (χ2n) is 5.90. The molecule has 0 saturated carbocycles. The molecular weight excluding hydrogens is 322 g/mol. The summed E-state index contributed by atoms with van der Waals surface area (Å²) < 4.78 is 0. The third-order valence-electron chi connectivity index (χ3n) is 4.31. The Morgan fingerprint density at radius 1 is 1.12 bits per heavy atom. The lowest BCUT2D eigenvalue weighted by molar-refractivity contribution is 0.0746. The number of carbonyl (C=O) groups excluding carboxylic acids is 1. The number of rotatable bonds is 2. The Hall–Kier alpha value is -2.51. The van der Waals surface area contributed by atoms with E-state index in [1.165, 1.54) is 0 Å². The van der Waals surface area contributed by atoms with Crippen LogP contribution in [0.5, 0.6) is 0 Å². The first-order chi connectivity index (χ1) is 11.6. The zero-order valence-corrected chi connectivity index (χ0v) is 14.3. The van der Waals surface area contributed by atoms with Gasteiger partial charge in [-0.15, -0.1) is 0 Å². The van der Waals surface area contributed by atoms with Crippen molar-refractivity contribution in [1.29, 1.82) is 5.26 Å². The van der Waals surface area contributed by atoms with Crippen LogP contribution in [-0.4, -0.2) is 37.0 Å². The highest BCUT2D eigenvalue weighted by Gasteiger charge is 2.23. The minimum absolute atomic E-state index is 0.0143. The first kappa shape index (κ1) is 16.4. The van der Waals surface area contributed by atoms with Crippen molar-refractivity contribution in [2.75, 3.05) is 31.1 Å². The smallest absolute Gasteiger partial charge is 0.254 e. The topological polar surface area (TPSA) is 47.3 Å². The lowest BCUT2D eigenvalue weighted by Crippen LogP contribution is -2.49. The van der Waals surface area contributed by atoms with Gasteiger partial charge in [0.15, 0.2) is 0 Å². The molecule has 0 atom stereocenters. The van der Waals surface area contributed by atoms with E-state index in [0.717, 1.165) is 29.4 Å². The fourth-order valence-electron chi connectivity index (χ4n) is 3.03. The molecule has 0 aromatic heterocycles. The molecule has 0 aliphatic carbocycles. The van der Waals surface area contributed by atoms with Gasteiger partial charge in [0.25, 0.3) is 5.91 Å². The average Bonchev–Trinajstić information content (AvgIpc) is 2.61. The van der Waals surface area contributed by atoms with Crippen molar-refractivity contribution in [2.24, 2.45) is 0 Å². The molecule has 1 saturated heterocycles. The van der Waals surface area contributed by atoms with Crippen LogP contribution in [0.1, 0.15) is 21.5 Å². The van der Waals surface area contributed by atoms with Gasteiger partial charge in [-0.3, -0.25) is 4.79 Å². The Labute approximate surface area is 146 Å². The molecule has 1 heterocycles. The zero-order chi connectivity index (χ0) is 17.1. The Morgan fingerprint density at radius 3 is 2.54 bits per heavy atom. The number of halogens is 1. The predicted octanol–water partition coefficient (Wildman–Crippen LogP) is 3.48. The second kappa shape index (κ2) is 6.94. The van der Waals surface area contributed by atoms with Gasteiger partial charge in [-0.25, -0.2) is 0 Å². The molecule has 2 aromatic rings. The van der Waals surface area contributed by atoms with Crippen molar-refractivity contribution in [1.82, 2.24) is 4.90 Å².